The molecule has 3 nitrogen and oxygen atoms in total. The van der Waals surface area contributed by atoms with E-state index >= 15 is 0 Å². The van der Waals surface area contributed by atoms with Gasteiger partial charge in [0.1, 0.15) is 0 Å². The van der Waals surface area contributed by atoms with Crippen molar-refractivity contribution < 1.29 is 38.3 Å². The van der Waals surface area contributed by atoms with Crippen LogP contribution >= 0.6 is 0 Å². The van der Waals surface area contributed by atoms with Gasteiger partial charge in [0, 0.05) is 11.3 Å². The minimum absolute atomic E-state index is 0. The van der Waals surface area contributed by atoms with E-state index in [2.05, 4.69) is 0 Å². The number of hydrogen-bond acceptors (Lipinski definition) is 3. The predicted molar refractivity (Wildman–Crippen MR) is 44.1 cm³/mol. The van der Waals surface area contributed by atoms with Gasteiger partial charge in [0.05, 0.1) is 0 Å². The Hall–Kier alpha value is 1.07. The summed E-state index contributed by atoms with van der Waals surface area (Å²) in [7, 11) is 3.90. The number of rotatable bonds is 3. The third kappa shape index (κ3) is 2.79. The van der Waals surface area contributed by atoms with E-state index in [1.165, 1.54) is 0 Å². The SMILES string of the molecule is CN(C)C1(CS(=O)[O-])CCC1.[Na+]. The smallest absolute Gasteiger partial charge is 0.772 e. The average Bonchev–Trinajstić information content (AvgIpc) is 1.77. The van der Waals surface area contributed by atoms with Crippen LogP contribution in [-0.4, -0.2) is 39.0 Å². The Balaban J connectivity index is 0.00000121. The molecule has 0 heterocycles. The first-order valence-corrected chi connectivity index (χ1v) is 5.04. The Kier molecular flexibility index (Phi) is 5.53. The zero-order valence-electron chi connectivity index (χ0n) is 8.00. The third-order valence-corrected chi connectivity index (χ3v) is 3.39. The van der Waals surface area contributed by atoms with Crippen molar-refractivity contribution in [2.45, 2.75) is 24.8 Å². The van der Waals surface area contributed by atoms with Crippen LogP contribution in [0.15, 0.2) is 0 Å². The van der Waals surface area contributed by atoms with Crippen molar-refractivity contribution in [3.8, 4) is 0 Å². The fraction of sp³-hybridized carbons (Fsp3) is 1.00. The molecule has 1 rings (SSSR count). The average molecular weight is 199 g/mol. The van der Waals surface area contributed by atoms with E-state index in [1.807, 2.05) is 19.0 Å². The second-order valence-electron chi connectivity index (χ2n) is 3.42. The Labute approximate surface area is 98.5 Å². The molecular weight excluding hydrogens is 185 g/mol. The van der Waals surface area contributed by atoms with Crippen molar-refractivity contribution >= 4 is 11.1 Å². The zero-order chi connectivity index (χ0) is 8.48. The van der Waals surface area contributed by atoms with E-state index in [-0.39, 0.29) is 35.1 Å². The normalized spacial score (nSPS) is 22.7. The summed E-state index contributed by atoms with van der Waals surface area (Å²) in [4.78, 5) is 2.03. The second-order valence-corrected chi connectivity index (χ2v) is 4.32. The van der Waals surface area contributed by atoms with Gasteiger partial charge in [0.2, 0.25) is 0 Å². The predicted octanol–water partition coefficient (Wildman–Crippen LogP) is -2.65. The van der Waals surface area contributed by atoms with Crippen LogP contribution < -0.4 is 29.6 Å². The minimum Gasteiger partial charge on any atom is -0.772 e. The molecule has 0 radical (unpaired) electrons. The Morgan fingerprint density at radius 2 is 2.00 bits per heavy atom. The van der Waals surface area contributed by atoms with Gasteiger partial charge in [-0.1, -0.05) is 11.1 Å². The monoisotopic (exact) mass is 199 g/mol. The summed E-state index contributed by atoms with van der Waals surface area (Å²) in [5.41, 5.74) is -0.0351. The van der Waals surface area contributed by atoms with Gasteiger partial charge in [0.25, 0.3) is 0 Å². The van der Waals surface area contributed by atoms with Gasteiger partial charge in [0.15, 0.2) is 0 Å². The van der Waals surface area contributed by atoms with Gasteiger partial charge in [-0.05, 0) is 33.4 Å². The largest absolute Gasteiger partial charge is 1.00 e. The molecule has 1 saturated carbocycles. The molecule has 0 aromatic rings. The molecule has 12 heavy (non-hydrogen) atoms. The van der Waals surface area contributed by atoms with E-state index in [9.17, 15) is 8.76 Å². The Morgan fingerprint density at radius 3 is 2.08 bits per heavy atom. The van der Waals surface area contributed by atoms with Crippen molar-refractivity contribution in [2.24, 2.45) is 0 Å². The quantitative estimate of drug-likeness (QED) is 0.368. The van der Waals surface area contributed by atoms with Crippen LogP contribution in [0.4, 0.5) is 0 Å². The van der Waals surface area contributed by atoms with Gasteiger partial charge in [-0.3, -0.25) is 4.21 Å². The maximum Gasteiger partial charge on any atom is 1.00 e. The van der Waals surface area contributed by atoms with Gasteiger partial charge < -0.3 is 9.45 Å². The fourth-order valence-corrected chi connectivity index (χ4v) is 2.51. The van der Waals surface area contributed by atoms with E-state index in [4.69, 9.17) is 0 Å². The summed E-state index contributed by atoms with van der Waals surface area (Å²) in [6.07, 6.45) is 3.21. The van der Waals surface area contributed by atoms with Crippen LogP contribution in [0.2, 0.25) is 0 Å². The van der Waals surface area contributed by atoms with Gasteiger partial charge >= 0.3 is 29.6 Å². The molecule has 5 heteroatoms. The molecule has 0 aromatic heterocycles. The van der Waals surface area contributed by atoms with Crippen LogP contribution in [0, 0.1) is 0 Å². The van der Waals surface area contributed by atoms with Crippen LogP contribution in [0.25, 0.3) is 0 Å². The molecule has 0 saturated heterocycles. The summed E-state index contributed by atoms with van der Waals surface area (Å²) in [5.74, 6) is 0.292. The van der Waals surface area contributed by atoms with Crippen molar-refractivity contribution in [1.82, 2.24) is 4.90 Å². The maximum atomic E-state index is 10.5. The van der Waals surface area contributed by atoms with Crippen LogP contribution in [0.1, 0.15) is 19.3 Å². The number of hydrogen-bond donors (Lipinski definition) is 0. The summed E-state index contributed by atoms with van der Waals surface area (Å²) in [6, 6.07) is 0. The van der Waals surface area contributed by atoms with E-state index in [0.717, 1.165) is 19.3 Å². The van der Waals surface area contributed by atoms with Gasteiger partial charge in [-0.2, -0.15) is 0 Å². The van der Waals surface area contributed by atoms with Crippen LogP contribution in [0.3, 0.4) is 0 Å². The second kappa shape index (κ2) is 5.08. The molecule has 1 aliphatic carbocycles. The summed E-state index contributed by atoms with van der Waals surface area (Å²) in [6.45, 7) is 0. The molecule has 66 valence electrons. The molecule has 0 aromatic carbocycles. The molecule has 1 atom stereocenters. The van der Waals surface area contributed by atoms with Gasteiger partial charge in [-0.15, -0.1) is 0 Å². The summed E-state index contributed by atoms with van der Waals surface area (Å²) in [5, 5.41) is 0. The molecule has 1 unspecified atom stereocenters. The Morgan fingerprint density at radius 1 is 1.50 bits per heavy atom. The molecule has 0 N–H and O–H groups in total. The minimum atomic E-state index is -1.90. The van der Waals surface area contributed by atoms with Crippen LogP contribution in [0.5, 0.6) is 0 Å². The molecule has 0 aliphatic heterocycles. The summed E-state index contributed by atoms with van der Waals surface area (Å²) < 4.78 is 21.0. The fourth-order valence-electron chi connectivity index (χ4n) is 1.52. The van der Waals surface area contributed by atoms with Gasteiger partial charge in [-0.25, -0.2) is 0 Å². The first-order chi connectivity index (χ1) is 5.07. The topological polar surface area (TPSA) is 43.4 Å². The van der Waals surface area contributed by atoms with Crippen molar-refractivity contribution in [3.63, 3.8) is 0 Å². The first-order valence-electron chi connectivity index (χ1n) is 3.80. The molecule has 1 fully saturated rings. The van der Waals surface area contributed by atoms with E-state index in [0.29, 0.717) is 5.75 Å². The Bertz CT molecular complexity index is 171. The van der Waals surface area contributed by atoms with E-state index < -0.39 is 11.1 Å². The third-order valence-electron chi connectivity index (χ3n) is 2.62. The van der Waals surface area contributed by atoms with Crippen LogP contribution in [-0.2, 0) is 11.1 Å². The molecule has 0 spiro atoms. The molecular formula is C7H14NNaO2S. The van der Waals surface area contributed by atoms with E-state index in [1.54, 1.807) is 0 Å². The maximum absolute atomic E-state index is 10.5. The van der Waals surface area contributed by atoms with Crippen molar-refractivity contribution in [2.75, 3.05) is 19.8 Å². The summed E-state index contributed by atoms with van der Waals surface area (Å²) >= 11 is -1.90. The molecule has 0 amide bonds. The zero-order valence-corrected chi connectivity index (χ0v) is 10.8. The molecule has 0 bridgehead atoms. The first kappa shape index (κ1) is 13.1. The standard InChI is InChI=1S/C7H15NO2S.Na/c1-8(2)7(4-3-5-7)6-11(9)10;/h3-6H2,1-2H3,(H,9,10);/q;+1/p-1. The van der Waals surface area contributed by atoms with Crippen molar-refractivity contribution in [3.05, 3.63) is 0 Å². The van der Waals surface area contributed by atoms with Crippen molar-refractivity contribution in [1.29, 1.82) is 0 Å². The molecule has 1 aliphatic rings. The number of nitrogens with zero attached hydrogens (tertiary/aromatic N) is 1.